The van der Waals surface area contributed by atoms with E-state index >= 15 is 0 Å². The van der Waals surface area contributed by atoms with Crippen molar-refractivity contribution < 1.29 is 0 Å². The molecule has 0 amide bonds. The van der Waals surface area contributed by atoms with Crippen molar-refractivity contribution in [2.24, 2.45) is 0 Å². The maximum absolute atomic E-state index is 5.97. The number of hydrogen-bond acceptors (Lipinski definition) is 3. The fraction of sp³-hybridized carbons (Fsp3) is 0.100. The zero-order valence-electron chi connectivity index (χ0n) is 7.71. The van der Waals surface area contributed by atoms with Gasteiger partial charge >= 0.3 is 0 Å². The number of aromatic nitrogens is 1. The van der Waals surface area contributed by atoms with Crippen molar-refractivity contribution in [3.05, 3.63) is 44.3 Å². The van der Waals surface area contributed by atoms with Crippen LogP contribution in [0.2, 0.25) is 5.02 Å². The number of benzene rings is 1. The maximum atomic E-state index is 5.97. The predicted molar refractivity (Wildman–Crippen MR) is 68.6 cm³/mol. The lowest BCUT2D eigenvalue weighted by atomic mass is 10.3. The van der Waals surface area contributed by atoms with Crippen LogP contribution in [0.5, 0.6) is 0 Å². The normalized spacial score (nSPS) is 10.3. The molecule has 0 aliphatic heterocycles. The Morgan fingerprint density at radius 3 is 3.00 bits per heavy atom. The molecule has 0 bridgehead atoms. The third-order valence-corrected chi connectivity index (χ3v) is 3.74. The lowest BCUT2D eigenvalue weighted by Crippen LogP contribution is -1.99. The molecule has 15 heavy (non-hydrogen) atoms. The quantitative estimate of drug-likeness (QED) is 0.920. The molecule has 5 heteroatoms. The van der Waals surface area contributed by atoms with Gasteiger partial charge in [0.2, 0.25) is 0 Å². The summed E-state index contributed by atoms with van der Waals surface area (Å²) in [5.41, 5.74) is 3.86. The third kappa shape index (κ3) is 2.93. The Bertz CT molecular complexity index is 445. The third-order valence-electron chi connectivity index (χ3n) is 1.88. The Kier molecular flexibility index (Phi) is 3.61. The van der Waals surface area contributed by atoms with E-state index in [-0.39, 0.29) is 0 Å². The average Bonchev–Trinajstić information content (AvgIpc) is 2.73. The maximum Gasteiger partial charge on any atom is 0.0795 e. The molecule has 0 spiro atoms. The van der Waals surface area contributed by atoms with Crippen molar-refractivity contribution in [2.75, 3.05) is 5.32 Å². The molecule has 1 aromatic heterocycles. The van der Waals surface area contributed by atoms with Gasteiger partial charge in [-0.3, -0.25) is 0 Å². The zero-order chi connectivity index (χ0) is 10.7. The van der Waals surface area contributed by atoms with Gasteiger partial charge in [0, 0.05) is 15.5 Å². The molecule has 1 aromatic carbocycles. The van der Waals surface area contributed by atoms with Crippen LogP contribution < -0.4 is 5.32 Å². The molecule has 2 nitrogen and oxygen atoms in total. The molecule has 0 fully saturated rings. The second-order valence-electron chi connectivity index (χ2n) is 2.96. The van der Waals surface area contributed by atoms with Crippen molar-refractivity contribution in [3.8, 4) is 0 Å². The number of nitrogens with zero attached hydrogens (tertiary/aromatic N) is 1. The molecular weight excluding hydrogens is 296 g/mol. The van der Waals surface area contributed by atoms with Gasteiger partial charge in [-0.05, 0) is 34.1 Å². The second-order valence-corrected chi connectivity index (χ2v) is 4.94. The number of thiazole rings is 1. The van der Waals surface area contributed by atoms with Crippen molar-refractivity contribution in [2.45, 2.75) is 6.54 Å². The van der Waals surface area contributed by atoms with Crippen LogP contribution in [0.25, 0.3) is 0 Å². The first kappa shape index (κ1) is 10.9. The Labute approximate surface area is 105 Å². The lowest BCUT2D eigenvalue weighted by molar-refractivity contribution is 1.07. The van der Waals surface area contributed by atoms with Crippen molar-refractivity contribution >= 4 is 44.6 Å². The standard InChI is InChI=1S/C10H8BrClN2S/c11-9-2-1-7(3-10(9)12)13-4-8-5-15-6-14-8/h1-3,5-6,13H,4H2. The first-order valence-electron chi connectivity index (χ1n) is 4.31. The molecule has 2 rings (SSSR count). The van der Waals surface area contributed by atoms with Crippen LogP contribution in [0.4, 0.5) is 5.69 Å². The number of anilines is 1. The lowest BCUT2D eigenvalue weighted by Gasteiger charge is -2.05. The van der Waals surface area contributed by atoms with Crippen molar-refractivity contribution in [1.82, 2.24) is 4.98 Å². The minimum absolute atomic E-state index is 0.707. The molecule has 0 aliphatic carbocycles. The first-order valence-corrected chi connectivity index (χ1v) is 6.43. The van der Waals surface area contributed by atoms with E-state index < -0.39 is 0 Å². The van der Waals surface area contributed by atoms with E-state index in [1.165, 1.54) is 0 Å². The van der Waals surface area contributed by atoms with Gasteiger partial charge in [0.25, 0.3) is 0 Å². The number of hydrogen-bond donors (Lipinski definition) is 1. The van der Waals surface area contributed by atoms with Crippen LogP contribution in [0, 0.1) is 0 Å². The van der Waals surface area contributed by atoms with Crippen LogP contribution in [0.15, 0.2) is 33.6 Å². The predicted octanol–water partition coefficient (Wildman–Crippen LogP) is 4.17. The molecule has 1 heterocycles. The summed E-state index contributed by atoms with van der Waals surface area (Å²) in [7, 11) is 0. The van der Waals surface area contributed by atoms with E-state index in [0.717, 1.165) is 22.4 Å². The summed E-state index contributed by atoms with van der Waals surface area (Å²) in [6.07, 6.45) is 0. The SMILES string of the molecule is Clc1cc(NCc2cscn2)ccc1Br. The summed E-state index contributed by atoms with van der Waals surface area (Å²) in [6, 6.07) is 5.78. The largest absolute Gasteiger partial charge is 0.379 e. The van der Waals surface area contributed by atoms with Crippen LogP contribution >= 0.6 is 38.9 Å². The number of rotatable bonds is 3. The molecule has 0 saturated carbocycles. The topological polar surface area (TPSA) is 24.9 Å². The molecule has 78 valence electrons. The molecule has 2 aromatic rings. The molecule has 0 aliphatic rings. The average molecular weight is 304 g/mol. The highest BCUT2D eigenvalue weighted by atomic mass is 79.9. The minimum atomic E-state index is 0.707. The van der Waals surface area contributed by atoms with E-state index in [1.807, 2.05) is 29.1 Å². The smallest absolute Gasteiger partial charge is 0.0795 e. The fourth-order valence-corrected chi connectivity index (χ4v) is 2.11. The Hall–Kier alpha value is -0.580. The van der Waals surface area contributed by atoms with Gasteiger partial charge < -0.3 is 5.32 Å². The molecule has 0 unspecified atom stereocenters. The fourth-order valence-electron chi connectivity index (χ4n) is 1.12. The molecule has 0 atom stereocenters. The summed E-state index contributed by atoms with van der Waals surface area (Å²) >= 11 is 10.9. The Morgan fingerprint density at radius 2 is 2.33 bits per heavy atom. The number of nitrogens with one attached hydrogen (secondary N) is 1. The summed E-state index contributed by atoms with van der Waals surface area (Å²) in [5.74, 6) is 0. The van der Waals surface area contributed by atoms with E-state index in [4.69, 9.17) is 11.6 Å². The van der Waals surface area contributed by atoms with Crippen molar-refractivity contribution in [1.29, 1.82) is 0 Å². The van der Waals surface area contributed by atoms with E-state index in [9.17, 15) is 0 Å². The number of halogens is 2. The minimum Gasteiger partial charge on any atom is -0.379 e. The van der Waals surface area contributed by atoms with Gasteiger partial charge in [-0.15, -0.1) is 11.3 Å². The summed E-state index contributed by atoms with van der Waals surface area (Å²) in [5, 5.41) is 5.98. The highest BCUT2D eigenvalue weighted by molar-refractivity contribution is 9.10. The Morgan fingerprint density at radius 1 is 1.47 bits per heavy atom. The highest BCUT2D eigenvalue weighted by Gasteiger charge is 1.99. The van der Waals surface area contributed by atoms with Gasteiger partial charge in [-0.1, -0.05) is 11.6 Å². The van der Waals surface area contributed by atoms with E-state index in [2.05, 4.69) is 26.2 Å². The van der Waals surface area contributed by atoms with E-state index in [1.54, 1.807) is 11.3 Å². The first-order chi connectivity index (χ1) is 7.25. The van der Waals surface area contributed by atoms with Gasteiger partial charge in [0.1, 0.15) is 0 Å². The summed E-state index contributed by atoms with van der Waals surface area (Å²) < 4.78 is 0.906. The molecule has 0 saturated heterocycles. The van der Waals surface area contributed by atoms with E-state index in [0.29, 0.717) is 5.02 Å². The zero-order valence-corrected chi connectivity index (χ0v) is 10.9. The van der Waals surface area contributed by atoms with Gasteiger partial charge in [-0.2, -0.15) is 0 Å². The molecule has 0 radical (unpaired) electrons. The van der Waals surface area contributed by atoms with Gasteiger partial charge in [0.15, 0.2) is 0 Å². The summed E-state index contributed by atoms with van der Waals surface area (Å²) in [4.78, 5) is 4.19. The van der Waals surface area contributed by atoms with Crippen LogP contribution in [-0.4, -0.2) is 4.98 Å². The van der Waals surface area contributed by atoms with Crippen LogP contribution in [-0.2, 0) is 6.54 Å². The van der Waals surface area contributed by atoms with Gasteiger partial charge in [0.05, 0.1) is 22.8 Å². The van der Waals surface area contributed by atoms with Gasteiger partial charge in [-0.25, -0.2) is 4.98 Å². The van der Waals surface area contributed by atoms with Crippen LogP contribution in [0.3, 0.4) is 0 Å². The molecular formula is C10H8BrClN2S. The second kappa shape index (κ2) is 4.96. The molecule has 1 N–H and O–H groups in total. The summed E-state index contributed by atoms with van der Waals surface area (Å²) in [6.45, 7) is 0.724. The van der Waals surface area contributed by atoms with Crippen molar-refractivity contribution in [3.63, 3.8) is 0 Å². The van der Waals surface area contributed by atoms with Crippen LogP contribution in [0.1, 0.15) is 5.69 Å². The Balaban J connectivity index is 2.02. The highest BCUT2D eigenvalue weighted by Crippen LogP contribution is 2.25. The monoisotopic (exact) mass is 302 g/mol.